The minimum absolute atomic E-state index is 0.139. The molecule has 0 amide bonds. The second-order valence-electron chi connectivity index (χ2n) is 5.58. The molecule has 2 aromatic carbocycles. The molecule has 3 rings (SSSR count). The van der Waals surface area contributed by atoms with Crippen molar-refractivity contribution in [1.29, 1.82) is 0 Å². The van der Waals surface area contributed by atoms with Crippen molar-refractivity contribution in [2.45, 2.75) is 27.2 Å². The Morgan fingerprint density at radius 3 is 2.45 bits per heavy atom. The summed E-state index contributed by atoms with van der Waals surface area (Å²) in [4.78, 5) is 12.2. The highest BCUT2D eigenvalue weighted by molar-refractivity contribution is 6.11. The van der Waals surface area contributed by atoms with Crippen LogP contribution in [0.4, 0.5) is 0 Å². The van der Waals surface area contributed by atoms with Crippen molar-refractivity contribution in [2.24, 2.45) is 0 Å². The standard InChI is InChI=1S/C19H18O/c1-12-10-16(11-13(12)2)18-9-8-15-6-4-5-7-17(15)19(18)14(3)20/h4-10H,11H2,1-3H3. The lowest BCUT2D eigenvalue weighted by Crippen LogP contribution is -2.00. The number of hydrogen-bond acceptors (Lipinski definition) is 1. The van der Waals surface area contributed by atoms with Gasteiger partial charge < -0.3 is 0 Å². The Hall–Kier alpha value is -2.15. The first kappa shape index (κ1) is 12.9. The predicted molar refractivity (Wildman–Crippen MR) is 84.9 cm³/mol. The molecular formula is C19H18O. The summed E-state index contributed by atoms with van der Waals surface area (Å²) in [5, 5.41) is 2.18. The van der Waals surface area contributed by atoms with E-state index in [4.69, 9.17) is 0 Å². The molecule has 2 aromatic rings. The Bertz CT molecular complexity index is 775. The first-order valence-electron chi connectivity index (χ1n) is 6.98. The van der Waals surface area contributed by atoms with Gasteiger partial charge in [0.1, 0.15) is 0 Å². The van der Waals surface area contributed by atoms with Crippen molar-refractivity contribution in [1.82, 2.24) is 0 Å². The minimum Gasteiger partial charge on any atom is -0.294 e. The number of carbonyl (C=O) groups is 1. The van der Waals surface area contributed by atoms with E-state index in [1.807, 2.05) is 18.2 Å². The third kappa shape index (κ3) is 2.00. The van der Waals surface area contributed by atoms with Crippen LogP contribution in [-0.4, -0.2) is 5.78 Å². The summed E-state index contributed by atoms with van der Waals surface area (Å²) in [7, 11) is 0. The van der Waals surface area contributed by atoms with E-state index in [1.165, 1.54) is 16.7 Å². The van der Waals surface area contributed by atoms with E-state index in [-0.39, 0.29) is 5.78 Å². The maximum atomic E-state index is 12.2. The largest absolute Gasteiger partial charge is 0.294 e. The predicted octanol–water partition coefficient (Wildman–Crippen LogP) is 5.17. The Morgan fingerprint density at radius 1 is 1.05 bits per heavy atom. The summed E-state index contributed by atoms with van der Waals surface area (Å²) in [5.74, 6) is 0.139. The molecule has 0 radical (unpaired) electrons. The number of ketones is 1. The third-order valence-electron chi connectivity index (χ3n) is 4.15. The topological polar surface area (TPSA) is 17.1 Å². The zero-order chi connectivity index (χ0) is 14.3. The van der Waals surface area contributed by atoms with Crippen LogP contribution in [-0.2, 0) is 0 Å². The highest BCUT2D eigenvalue weighted by Crippen LogP contribution is 2.36. The van der Waals surface area contributed by atoms with Gasteiger partial charge in [-0.2, -0.15) is 0 Å². The molecule has 1 aliphatic carbocycles. The van der Waals surface area contributed by atoms with Crippen LogP contribution >= 0.6 is 0 Å². The van der Waals surface area contributed by atoms with E-state index in [2.05, 4.69) is 38.1 Å². The van der Waals surface area contributed by atoms with Crippen molar-refractivity contribution in [3.63, 3.8) is 0 Å². The van der Waals surface area contributed by atoms with Crippen LogP contribution in [0.5, 0.6) is 0 Å². The van der Waals surface area contributed by atoms with Crippen LogP contribution in [0.2, 0.25) is 0 Å². The smallest absolute Gasteiger partial charge is 0.161 e. The molecule has 0 saturated carbocycles. The number of benzene rings is 2. The van der Waals surface area contributed by atoms with E-state index >= 15 is 0 Å². The highest BCUT2D eigenvalue weighted by Gasteiger charge is 2.18. The van der Waals surface area contributed by atoms with Crippen LogP contribution in [0.3, 0.4) is 0 Å². The van der Waals surface area contributed by atoms with E-state index in [1.54, 1.807) is 6.92 Å². The van der Waals surface area contributed by atoms with Gasteiger partial charge in [-0.25, -0.2) is 0 Å². The molecule has 0 fully saturated rings. The van der Waals surface area contributed by atoms with Crippen molar-refractivity contribution in [3.05, 3.63) is 64.7 Å². The molecule has 0 spiro atoms. The first-order chi connectivity index (χ1) is 9.58. The molecule has 0 bridgehead atoms. The van der Waals surface area contributed by atoms with Gasteiger partial charge in [0.15, 0.2) is 5.78 Å². The molecule has 1 heteroatoms. The molecular weight excluding hydrogens is 244 g/mol. The number of hydrogen-bond donors (Lipinski definition) is 0. The van der Waals surface area contributed by atoms with Gasteiger partial charge in [0, 0.05) is 5.56 Å². The van der Waals surface area contributed by atoms with E-state index < -0.39 is 0 Å². The van der Waals surface area contributed by atoms with Crippen molar-refractivity contribution >= 4 is 22.1 Å². The van der Waals surface area contributed by atoms with Gasteiger partial charge in [-0.15, -0.1) is 0 Å². The highest BCUT2D eigenvalue weighted by atomic mass is 16.1. The van der Waals surface area contributed by atoms with Gasteiger partial charge >= 0.3 is 0 Å². The van der Waals surface area contributed by atoms with Crippen LogP contribution in [0.15, 0.2) is 53.6 Å². The average molecular weight is 262 g/mol. The molecule has 100 valence electrons. The first-order valence-corrected chi connectivity index (χ1v) is 6.98. The lowest BCUT2D eigenvalue weighted by atomic mass is 9.91. The summed E-state index contributed by atoms with van der Waals surface area (Å²) in [6, 6.07) is 12.3. The lowest BCUT2D eigenvalue weighted by Gasteiger charge is -2.12. The van der Waals surface area contributed by atoms with Crippen molar-refractivity contribution < 1.29 is 4.79 Å². The molecule has 0 atom stereocenters. The van der Waals surface area contributed by atoms with Crippen LogP contribution < -0.4 is 0 Å². The lowest BCUT2D eigenvalue weighted by molar-refractivity contribution is 0.101. The fourth-order valence-electron chi connectivity index (χ4n) is 2.95. The van der Waals surface area contributed by atoms with E-state index in [9.17, 15) is 4.79 Å². The summed E-state index contributed by atoms with van der Waals surface area (Å²) < 4.78 is 0. The molecule has 20 heavy (non-hydrogen) atoms. The SMILES string of the molecule is CC(=O)c1c(C2=CC(C)=C(C)C2)ccc2ccccc12. The number of fused-ring (bicyclic) bond motifs is 1. The zero-order valence-electron chi connectivity index (χ0n) is 12.2. The summed E-state index contributed by atoms with van der Waals surface area (Å²) in [5.41, 5.74) is 5.92. The van der Waals surface area contributed by atoms with Gasteiger partial charge in [-0.05, 0) is 49.1 Å². The molecule has 0 aromatic heterocycles. The summed E-state index contributed by atoms with van der Waals surface area (Å²) in [6.07, 6.45) is 3.16. The monoisotopic (exact) mass is 262 g/mol. The fraction of sp³-hybridized carbons (Fsp3) is 0.211. The molecule has 1 aliphatic rings. The third-order valence-corrected chi connectivity index (χ3v) is 4.15. The Morgan fingerprint density at radius 2 is 1.80 bits per heavy atom. The number of rotatable bonds is 2. The molecule has 0 N–H and O–H groups in total. The van der Waals surface area contributed by atoms with Crippen LogP contribution in [0.1, 0.15) is 43.1 Å². The molecule has 0 saturated heterocycles. The Labute approximate surface area is 119 Å². The minimum atomic E-state index is 0.139. The van der Waals surface area contributed by atoms with E-state index in [0.29, 0.717) is 0 Å². The summed E-state index contributed by atoms with van der Waals surface area (Å²) >= 11 is 0. The van der Waals surface area contributed by atoms with Gasteiger partial charge in [0.2, 0.25) is 0 Å². The molecule has 0 heterocycles. The van der Waals surface area contributed by atoms with Crippen molar-refractivity contribution in [3.8, 4) is 0 Å². The normalized spacial score (nSPS) is 14.8. The average Bonchev–Trinajstić information content (AvgIpc) is 2.77. The molecule has 1 nitrogen and oxygen atoms in total. The number of allylic oxidation sites excluding steroid dienone is 4. The van der Waals surface area contributed by atoms with Crippen molar-refractivity contribution in [2.75, 3.05) is 0 Å². The zero-order valence-corrected chi connectivity index (χ0v) is 12.2. The van der Waals surface area contributed by atoms with Crippen LogP contribution in [0, 0.1) is 0 Å². The van der Waals surface area contributed by atoms with Gasteiger partial charge in [-0.3, -0.25) is 4.79 Å². The van der Waals surface area contributed by atoms with Gasteiger partial charge in [0.05, 0.1) is 0 Å². The van der Waals surface area contributed by atoms with Gasteiger partial charge in [-0.1, -0.05) is 53.6 Å². The second-order valence-corrected chi connectivity index (χ2v) is 5.58. The number of carbonyl (C=O) groups excluding carboxylic acids is 1. The molecule has 0 aliphatic heterocycles. The van der Waals surface area contributed by atoms with Gasteiger partial charge in [0.25, 0.3) is 0 Å². The number of Topliss-reactive ketones (excluding diaryl/α,β-unsaturated/α-hetero) is 1. The van der Waals surface area contributed by atoms with E-state index in [0.717, 1.165) is 28.3 Å². The molecule has 0 unspecified atom stereocenters. The summed E-state index contributed by atoms with van der Waals surface area (Å²) in [6.45, 7) is 5.96. The van der Waals surface area contributed by atoms with Crippen LogP contribution in [0.25, 0.3) is 16.3 Å². The fourth-order valence-corrected chi connectivity index (χ4v) is 2.95. The quantitative estimate of drug-likeness (QED) is 0.683. The maximum absolute atomic E-state index is 12.2. The second kappa shape index (κ2) is 4.75. The Balaban J connectivity index is 2.25. The maximum Gasteiger partial charge on any atom is 0.161 e. The Kier molecular flexibility index (Phi) is 3.06.